The van der Waals surface area contributed by atoms with Crippen LogP contribution in [0.2, 0.25) is 0 Å². The van der Waals surface area contributed by atoms with Crippen LogP contribution in [-0.4, -0.2) is 19.0 Å². The summed E-state index contributed by atoms with van der Waals surface area (Å²) in [4.78, 5) is 24.2. The molecule has 0 unspecified atom stereocenters. The van der Waals surface area contributed by atoms with Crippen molar-refractivity contribution in [2.75, 3.05) is 12.4 Å². The quantitative estimate of drug-likeness (QED) is 0.596. The molecular weight excluding hydrogens is 407 g/mol. The fourth-order valence-corrected chi connectivity index (χ4v) is 4.02. The molecule has 1 aliphatic rings. The highest BCUT2D eigenvalue weighted by Gasteiger charge is 2.42. The molecule has 0 bridgehead atoms. The molecule has 0 fully saturated rings. The Morgan fingerprint density at radius 1 is 0.903 bits per heavy atom. The number of rotatable bonds is 3. The van der Waals surface area contributed by atoms with Gasteiger partial charge in [-0.15, -0.1) is 0 Å². The molecule has 4 nitrogen and oxygen atoms in total. The van der Waals surface area contributed by atoms with Gasteiger partial charge in [0.15, 0.2) is 0 Å². The van der Waals surface area contributed by atoms with Gasteiger partial charge in [-0.05, 0) is 71.2 Å². The lowest BCUT2D eigenvalue weighted by molar-refractivity contribution is -0.137. The Morgan fingerprint density at radius 3 is 1.87 bits per heavy atom. The Morgan fingerprint density at radius 2 is 1.39 bits per heavy atom. The van der Waals surface area contributed by atoms with Crippen molar-refractivity contribution in [1.82, 2.24) is 0 Å². The lowest BCUT2D eigenvalue weighted by Gasteiger charge is -2.42. The zero-order valence-electron chi connectivity index (χ0n) is 18.2. The molecule has 0 spiro atoms. The maximum Gasteiger partial charge on any atom is 0.418 e. The van der Waals surface area contributed by atoms with Crippen molar-refractivity contribution in [3.8, 4) is 0 Å². The highest BCUT2D eigenvalue weighted by Crippen LogP contribution is 2.49. The maximum atomic E-state index is 13.9. The van der Waals surface area contributed by atoms with Crippen LogP contribution in [0.25, 0.3) is 0 Å². The summed E-state index contributed by atoms with van der Waals surface area (Å²) in [5, 5.41) is 2.44. The van der Waals surface area contributed by atoms with E-state index in [1.165, 1.54) is 43.5 Å². The van der Waals surface area contributed by atoms with Crippen LogP contribution in [0.15, 0.2) is 36.4 Å². The number of benzene rings is 2. The number of hydrogen-bond donors (Lipinski definition) is 1. The fourth-order valence-electron chi connectivity index (χ4n) is 4.02. The van der Waals surface area contributed by atoms with Gasteiger partial charge >= 0.3 is 12.1 Å². The second kappa shape index (κ2) is 7.70. The van der Waals surface area contributed by atoms with E-state index < -0.39 is 29.0 Å². The summed E-state index contributed by atoms with van der Waals surface area (Å²) in [7, 11) is 1.24. The average Bonchev–Trinajstić information content (AvgIpc) is 2.70. The number of methoxy groups -OCH3 is 1. The summed E-state index contributed by atoms with van der Waals surface area (Å²) in [5.41, 5.74) is 0.0272. The molecule has 1 aliphatic carbocycles. The number of alkyl halides is 3. The average molecular weight is 433 g/mol. The summed E-state index contributed by atoms with van der Waals surface area (Å²) in [6.45, 7) is 7.90. The molecule has 0 aliphatic heterocycles. The highest BCUT2D eigenvalue weighted by atomic mass is 19.4. The molecule has 2 aromatic carbocycles. The van der Waals surface area contributed by atoms with Crippen molar-refractivity contribution in [2.24, 2.45) is 0 Å². The van der Waals surface area contributed by atoms with Crippen LogP contribution in [-0.2, 0) is 21.7 Å². The van der Waals surface area contributed by atoms with Gasteiger partial charge in [0.05, 0.1) is 23.9 Å². The topological polar surface area (TPSA) is 55.4 Å². The molecule has 0 atom stereocenters. The molecule has 0 aromatic heterocycles. The van der Waals surface area contributed by atoms with Gasteiger partial charge in [0.2, 0.25) is 0 Å². The second-order valence-corrected chi connectivity index (χ2v) is 9.23. The number of fused-ring (bicyclic) bond motifs is 1. The number of esters is 1. The van der Waals surface area contributed by atoms with Gasteiger partial charge in [-0.1, -0.05) is 27.7 Å². The number of anilines is 1. The Labute approximate surface area is 179 Å². The third-order valence-corrected chi connectivity index (χ3v) is 6.11. The summed E-state index contributed by atoms with van der Waals surface area (Å²) in [6, 6.07) is 8.19. The number of carbonyl (C=O) groups excluding carboxylic acids is 2. The van der Waals surface area contributed by atoms with Crippen LogP contribution in [0.4, 0.5) is 18.9 Å². The minimum Gasteiger partial charge on any atom is -0.465 e. The van der Waals surface area contributed by atoms with Crippen molar-refractivity contribution in [2.45, 2.75) is 57.5 Å². The van der Waals surface area contributed by atoms with E-state index in [0.717, 1.165) is 18.4 Å². The highest BCUT2D eigenvalue weighted by molar-refractivity contribution is 6.05. The van der Waals surface area contributed by atoms with Gasteiger partial charge in [0.25, 0.3) is 5.91 Å². The van der Waals surface area contributed by atoms with Gasteiger partial charge in [0, 0.05) is 5.56 Å². The fraction of sp³-hybridized carbons (Fsp3) is 0.417. The number of hydrogen-bond acceptors (Lipinski definition) is 3. The van der Waals surface area contributed by atoms with E-state index in [2.05, 4.69) is 10.1 Å². The SMILES string of the molecule is COC(=O)c1ccc(C(=O)Nc2cc3c(cc2C(F)(F)F)C(C)(C)CCC3(C)C)cc1. The molecule has 7 heteroatoms. The van der Waals surface area contributed by atoms with Crippen molar-refractivity contribution in [1.29, 1.82) is 0 Å². The van der Waals surface area contributed by atoms with Crippen LogP contribution in [0.5, 0.6) is 0 Å². The van der Waals surface area contributed by atoms with Crippen LogP contribution in [0.3, 0.4) is 0 Å². The summed E-state index contributed by atoms with van der Waals surface area (Å²) < 4.78 is 46.3. The second-order valence-electron chi connectivity index (χ2n) is 9.23. The third kappa shape index (κ3) is 4.45. The first-order valence-electron chi connectivity index (χ1n) is 10.0. The lowest BCUT2D eigenvalue weighted by Crippen LogP contribution is -2.34. The van der Waals surface area contributed by atoms with Gasteiger partial charge in [-0.2, -0.15) is 13.2 Å². The van der Waals surface area contributed by atoms with Crippen LogP contribution in [0.1, 0.15) is 77.9 Å². The molecule has 0 radical (unpaired) electrons. The Kier molecular flexibility index (Phi) is 5.67. The number of carbonyl (C=O) groups is 2. The number of amides is 1. The minimum atomic E-state index is -4.62. The van der Waals surface area contributed by atoms with Gasteiger partial charge in [0.1, 0.15) is 0 Å². The van der Waals surface area contributed by atoms with Crippen molar-refractivity contribution < 1.29 is 27.5 Å². The van der Waals surface area contributed by atoms with Gasteiger partial charge in [-0.3, -0.25) is 4.79 Å². The zero-order chi connectivity index (χ0) is 23.2. The van der Waals surface area contributed by atoms with E-state index in [9.17, 15) is 22.8 Å². The Hall–Kier alpha value is -2.83. The zero-order valence-corrected chi connectivity index (χ0v) is 18.2. The van der Waals surface area contributed by atoms with Crippen molar-refractivity contribution in [3.05, 3.63) is 64.2 Å². The number of halogens is 3. The van der Waals surface area contributed by atoms with E-state index in [4.69, 9.17) is 0 Å². The van der Waals surface area contributed by atoms with E-state index in [1.807, 2.05) is 27.7 Å². The van der Waals surface area contributed by atoms with Gasteiger partial charge in [-0.25, -0.2) is 4.79 Å². The third-order valence-electron chi connectivity index (χ3n) is 6.11. The molecule has 0 heterocycles. The first-order chi connectivity index (χ1) is 14.3. The van der Waals surface area contributed by atoms with Crippen molar-refractivity contribution >= 4 is 17.6 Å². The van der Waals surface area contributed by atoms with Gasteiger partial charge < -0.3 is 10.1 Å². The largest absolute Gasteiger partial charge is 0.465 e. The van der Waals surface area contributed by atoms with Crippen LogP contribution < -0.4 is 5.32 Å². The molecule has 1 N–H and O–H groups in total. The number of ether oxygens (including phenoxy) is 1. The monoisotopic (exact) mass is 433 g/mol. The van der Waals surface area contributed by atoms with Crippen molar-refractivity contribution in [3.63, 3.8) is 0 Å². The van der Waals surface area contributed by atoms with Crippen LogP contribution in [0, 0.1) is 0 Å². The summed E-state index contributed by atoms with van der Waals surface area (Å²) in [6.07, 6.45) is -3.01. The lowest BCUT2D eigenvalue weighted by atomic mass is 9.63. The molecule has 166 valence electrons. The Bertz CT molecular complexity index is 1020. The molecule has 3 rings (SSSR count). The molecule has 2 aromatic rings. The molecule has 1 amide bonds. The predicted octanol–water partition coefficient (Wildman–Crippen LogP) is 6.09. The summed E-state index contributed by atoms with van der Waals surface area (Å²) >= 11 is 0. The first-order valence-corrected chi connectivity index (χ1v) is 10.0. The molecule has 31 heavy (non-hydrogen) atoms. The minimum absolute atomic E-state index is 0.137. The predicted molar refractivity (Wildman–Crippen MR) is 112 cm³/mol. The maximum absolute atomic E-state index is 13.9. The standard InChI is InChI=1S/C24H26F3NO3/c1-22(2)10-11-23(3,4)17-13-19(18(12-16(17)22)24(25,26)27)28-20(29)14-6-8-15(9-7-14)21(30)31-5/h6-9,12-13H,10-11H2,1-5H3,(H,28,29). The Balaban J connectivity index is 2.04. The first kappa shape index (κ1) is 22.8. The molecular formula is C24H26F3NO3. The smallest absolute Gasteiger partial charge is 0.418 e. The summed E-state index contributed by atoms with van der Waals surface area (Å²) in [5.74, 6) is -1.25. The molecule has 0 saturated heterocycles. The van der Waals surface area contributed by atoms with E-state index in [1.54, 1.807) is 0 Å². The van der Waals surface area contributed by atoms with E-state index in [0.29, 0.717) is 5.56 Å². The molecule has 0 saturated carbocycles. The van der Waals surface area contributed by atoms with E-state index in [-0.39, 0.29) is 22.2 Å². The van der Waals surface area contributed by atoms with E-state index >= 15 is 0 Å². The normalized spacial score (nSPS) is 16.9. The van der Waals surface area contributed by atoms with Crippen LogP contribution >= 0.6 is 0 Å². The number of nitrogens with one attached hydrogen (secondary N) is 1.